The number of nitrogens with one attached hydrogen (secondary N) is 1. The van der Waals surface area contributed by atoms with Crippen LogP contribution < -0.4 is 10.2 Å². The Morgan fingerprint density at radius 1 is 1.00 bits per heavy atom. The van der Waals surface area contributed by atoms with E-state index >= 15 is 0 Å². The van der Waals surface area contributed by atoms with Gasteiger partial charge in [-0.3, -0.25) is 14.4 Å². The number of para-hydroxylation sites is 1. The number of carboxylic acid groups (broad SMARTS) is 1. The molecule has 0 radical (unpaired) electrons. The molecular weight excluding hydrogens is 308 g/mol. The summed E-state index contributed by atoms with van der Waals surface area (Å²) in [7, 11) is 1.68. The van der Waals surface area contributed by atoms with E-state index in [1.807, 2.05) is 30.3 Å². The molecule has 0 saturated carbocycles. The molecule has 2 aromatic rings. The molecule has 124 valence electrons. The van der Waals surface area contributed by atoms with Crippen molar-refractivity contribution in [3.8, 4) is 0 Å². The molecule has 0 saturated heterocycles. The first-order valence-corrected chi connectivity index (χ1v) is 7.42. The third kappa shape index (κ3) is 4.67. The summed E-state index contributed by atoms with van der Waals surface area (Å²) in [6, 6.07) is 15.8. The molecule has 0 bridgehead atoms. The van der Waals surface area contributed by atoms with Crippen LogP contribution in [0.1, 0.15) is 23.2 Å². The molecule has 0 aliphatic carbocycles. The summed E-state index contributed by atoms with van der Waals surface area (Å²) >= 11 is 0. The van der Waals surface area contributed by atoms with Crippen LogP contribution in [0.15, 0.2) is 54.6 Å². The zero-order valence-electron chi connectivity index (χ0n) is 13.2. The molecule has 6 heteroatoms. The van der Waals surface area contributed by atoms with Crippen LogP contribution in [0, 0.1) is 0 Å². The van der Waals surface area contributed by atoms with Gasteiger partial charge in [0.25, 0.3) is 5.91 Å². The lowest BCUT2D eigenvalue weighted by Gasteiger charge is -2.17. The number of carbonyl (C=O) groups is 3. The average molecular weight is 326 g/mol. The van der Waals surface area contributed by atoms with E-state index in [0.717, 1.165) is 5.69 Å². The van der Waals surface area contributed by atoms with Crippen molar-refractivity contribution in [3.05, 3.63) is 60.2 Å². The Balaban J connectivity index is 2.08. The van der Waals surface area contributed by atoms with Crippen LogP contribution >= 0.6 is 0 Å². The fourth-order valence-electron chi connectivity index (χ4n) is 2.14. The summed E-state index contributed by atoms with van der Waals surface area (Å²) in [6.45, 7) is 0. The van der Waals surface area contributed by atoms with E-state index in [-0.39, 0.29) is 18.7 Å². The molecule has 2 aromatic carbocycles. The van der Waals surface area contributed by atoms with Gasteiger partial charge in [-0.05, 0) is 30.3 Å². The highest BCUT2D eigenvalue weighted by atomic mass is 16.4. The lowest BCUT2D eigenvalue weighted by atomic mass is 10.1. The van der Waals surface area contributed by atoms with E-state index < -0.39 is 11.9 Å². The molecule has 2 rings (SSSR count). The molecule has 24 heavy (non-hydrogen) atoms. The highest BCUT2D eigenvalue weighted by Crippen LogP contribution is 2.17. The Labute approximate surface area is 139 Å². The molecule has 0 spiro atoms. The maximum absolute atomic E-state index is 12.5. The number of nitrogens with zero attached hydrogens (tertiary/aromatic N) is 1. The third-order valence-electron chi connectivity index (χ3n) is 3.41. The van der Waals surface area contributed by atoms with Crippen LogP contribution in [0.4, 0.5) is 11.4 Å². The van der Waals surface area contributed by atoms with E-state index in [1.54, 1.807) is 31.3 Å². The summed E-state index contributed by atoms with van der Waals surface area (Å²) in [6.07, 6.45) is -0.349. The van der Waals surface area contributed by atoms with E-state index in [1.165, 1.54) is 4.90 Å². The van der Waals surface area contributed by atoms with Gasteiger partial charge >= 0.3 is 5.97 Å². The number of amides is 2. The zero-order chi connectivity index (χ0) is 17.5. The highest BCUT2D eigenvalue weighted by Gasteiger charge is 2.14. The smallest absolute Gasteiger partial charge is 0.303 e. The molecule has 0 unspecified atom stereocenters. The summed E-state index contributed by atoms with van der Waals surface area (Å²) in [5.74, 6) is -1.64. The SMILES string of the molecule is CN(C(=O)c1cccc(NC(=O)CCC(=O)O)c1)c1ccccc1. The summed E-state index contributed by atoms with van der Waals surface area (Å²) < 4.78 is 0. The first-order valence-electron chi connectivity index (χ1n) is 7.42. The molecule has 0 atom stereocenters. The van der Waals surface area contributed by atoms with Gasteiger partial charge in [-0.15, -0.1) is 0 Å². The maximum atomic E-state index is 12.5. The monoisotopic (exact) mass is 326 g/mol. The Hall–Kier alpha value is -3.15. The van der Waals surface area contributed by atoms with Gasteiger partial charge in [-0.2, -0.15) is 0 Å². The number of hydrogen-bond acceptors (Lipinski definition) is 3. The number of carbonyl (C=O) groups excluding carboxylic acids is 2. The van der Waals surface area contributed by atoms with E-state index in [4.69, 9.17) is 5.11 Å². The van der Waals surface area contributed by atoms with Crippen LogP contribution in [-0.4, -0.2) is 29.9 Å². The Kier molecular flexibility index (Phi) is 5.68. The Bertz CT molecular complexity index is 744. The number of rotatable bonds is 6. The van der Waals surface area contributed by atoms with Crippen molar-refractivity contribution in [3.63, 3.8) is 0 Å². The van der Waals surface area contributed by atoms with Gasteiger partial charge in [-0.25, -0.2) is 0 Å². The predicted molar refractivity (Wildman–Crippen MR) is 91.1 cm³/mol. The normalized spacial score (nSPS) is 10.0. The van der Waals surface area contributed by atoms with Gasteiger partial charge in [0.2, 0.25) is 5.91 Å². The quantitative estimate of drug-likeness (QED) is 0.854. The van der Waals surface area contributed by atoms with E-state index in [2.05, 4.69) is 5.32 Å². The summed E-state index contributed by atoms with van der Waals surface area (Å²) in [4.78, 5) is 36.2. The van der Waals surface area contributed by atoms with Crippen molar-refractivity contribution in [1.82, 2.24) is 0 Å². The topological polar surface area (TPSA) is 86.7 Å². The van der Waals surface area contributed by atoms with Crippen LogP contribution in [0.3, 0.4) is 0 Å². The molecule has 0 aliphatic rings. The van der Waals surface area contributed by atoms with Crippen molar-refractivity contribution in [2.24, 2.45) is 0 Å². The second-order valence-electron chi connectivity index (χ2n) is 5.22. The van der Waals surface area contributed by atoms with Crippen molar-refractivity contribution >= 4 is 29.2 Å². The first kappa shape index (κ1) is 17.2. The second kappa shape index (κ2) is 7.92. The average Bonchev–Trinajstić information content (AvgIpc) is 2.59. The number of carboxylic acids is 1. The predicted octanol–water partition coefficient (Wildman–Crippen LogP) is 2.77. The fraction of sp³-hybridized carbons (Fsp3) is 0.167. The van der Waals surface area contributed by atoms with Crippen molar-refractivity contribution in [1.29, 1.82) is 0 Å². The standard InChI is InChI=1S/C18H18N2O4/c1-20(15-8-3-2-4-9-15)18(24)13-6-5-7-14(12-13)19-16(21)10-11-17(22)23/h2-9,12H,10-11H2,1H3,(H,19,21)(H,22,23). The molecule has 0 aromatic heterocycles. The first-order chi connectivity index (χ1) is 11.5. The minimum absolute atomic E-state index is 0.114. The van der Waals surface area contributed by atoms with Gasteiger partial charge in [-0.1, -0.05) is 24.3 Å². The lowest BCUT2D eigenvalue weighted by molar-refractivity contribution is -0.138. The lowest BCUT2D eigenvalue weighted by Crippen LogP contribution is -2.26. The van der Waals surface area contributed by atoms with Gasteiger partial charge in [0, 0.05) is 30.4 Å². The number of hydrogen-bond donors (Lipinski definition) is 2. The van der Waals surface area contributed by atoms with Crippen molar-refractivity contribution < 1.29 is 19.5 Å². The fourth-order valence-corrected chi connectivity index (χ4v) is 2.14. The maximum Gasteiger partial charge on any atom is 0.303 e. The van der Waals surface area contributed by atoms with Crippen LogP contribution in [-0.2, 0) is 9.59 Å². The van der Waals surface area contributed by atoms with Gasteiger partial charge in [0.1, 0.15) is 0 Å². The Morgan fingerprint density at radius 3 is 2.38 bits per heavy atom. The molecule has 0 heterocycles. The van der Waals surface area contributed by atoms with Gasteiger partial charge < -0.3 is 15.3 Å². The zero-order valence-corrected chi connectivity index (χ0v) is 13.2. The summed E-state index contributed by atoms with van der Waals surface area (Å²) in [5, 5.41) is 11.2. The van der Waals surface area contributed by atoms with Gasteiger partial charge in [0.05, 0.1) is 6.42 Å². The van der Waals surface area contributed by atoms with Crippen LogP contribution in [0.5, 0.6) is 0 Å². The molecule has 0 fully saturated rings. The molecule has 6 nitrogen and oxygen atoms in total. The van der Waals surface area contributed by atoms with E-state index in [9.17, 15) is 14.4 Å². The molecular formula is C18H18N2O4. The van der Waals surface area contributed by atoms with Crippen LogP contribution in [0.25, 0.3) is 0 Å². The third-order valence-corrected chi connectivity index (χ3v) is 3.41. The second-order valence-corrected chi connectivity index (χ2v) is 5.22. The van der Waals surface area contributed by atoms with Gasteiger partial charge in [0.15, 0.2) is 0 Å². The largest absolute Gasteiger partial charge is 0.481 e. The number of aliphatic carboxylic acids is 1. The van der Waals surface area contributed by atoms with Crippen LogP contribution in [0.2, 0.25) is 0 Å². The number of benzene rings is 2. The van der Waals surface area contributed by atoms with E-state index in [0.29, 0.717) is 11.3 Å². The van der Waals surface area contributed by atoms with Crippen molar-refractivity contribution in [2.45, 2.75) is 12.8 Å². The molecule has 0 aliphatic heterocycles. The molecule has 2 amide bonds. The minimum Gasteiger partial charge on any atom is -0.481 e. The van der Waals surface area contributed by atoms with Crippen molar-refractivity contribution in [2.75, 3.05) is 17.3 Å². The highest BCUT2D eigenvalue weighted by molar-refractivity contribution is 6.06. The number of anilines is 2. The minimum atomic E-state index is -1.03. The Morgan fingerprint density at radius 2 is 1.71 bits per heavy atom. The summed E-state index contributed by atoms with van der Waals surface area (Å²) in [5.41, 5.74) is 1.65. The molecule has 2 N–H and O–H groups in total.